The number of rotatable bonds is 7. The molecule has 1 amide bonds. The molecule has 3 aromatic rings. The quantitative estimate of drug-likeness (QED) is 0.618. The number of aryl methyl sites for hydroxylation is 1. The smallest absolute Gasteiger partial charge is 0.251 e. The van der Waals surface area contributed by atoms with Crippen LogP contribution in [0.2, 0.25) is 0 Å². The third kappa shape index (κ3) is 4.13. The van der Waals surface area contributed by atoms with Gasteiger partial charge in [0.15, 0.2) is 0 Å². The SMILES string of the molecule is COc1cccc(C(=O)NCCCc2nn(-c3ccccc3)c(N)c2C#N)c1. The standard InChI is InChI=1S/C21H21N5O2/c1-28-17-10-5-7-15(13-17)21(27)24-12-6-11-19-18(14-22)20(23)26(25-19)16-8-3-2-4-9-16/h2-5,7-10,13H,6,11-12,23H2,1H3,(H,24,27). The fraction of sp³-hybridized carbons (Fsp3) is 0.190. The van der Waals surface area contributed by atoms with Gasteiger partial charge in [0.1, 0.15) is 23.2 Å². The number of nitrogens with one attached hydrogen (secondary N) is 1. The molecule has 1 aromatic heterocycles. The molecule has 1 heterocycles. The molecule has 3 N–H and O–H groups in total. The van der Waals surface area contributed by atoms with E-state index in [0.29, 0.717) is 47.8 Å². The van der Waals surface area contributed by atoms with Gasteiger partial charge in [-0.15, -0.1) is 0 Å². The summed E-state index contributed by atoms with van der Waals surface area (Å²) in [6.45, 7) is 0.457. The van der Waals surface area contributed by atoms with Gasteiger partial charge in [-0.1, -0.05) is 24.3 Å². The number of carbonyl (C=O) groups is 1. The Kier molecular flexibility index (Phi) is 5.92. The minimum Gasteiger partial charge on any atom is -0.497 e. The van der Waals surface area contributed by atoms with E-state index >= 15 is 0 Å². The summed E-state index contributed by atoms with van der Waals surface area (Å²) in [5.74, 6) is 0.783. The van der Waals surface area contributed by atoms with Gasteiger partial charge in [-0.05, 0) is 43.2 Å². The number of ether oxygens (including phenoxy) is 1. The van der Waals surface area contributed by atoms with Gasteiger partial charge in [0.25, 0.3) is 5.91 Å². The van der Waals surface area contributed by atoms with Crippen LogP contribution >= 0.6 is 0 Å². The zero-order chi connectivity index (χ0) is 19.9. The summed E-state index contributed by atoms with van der Waals surface area (Å²) in [4.78, 5) is 12.2. The van der Waals surface area contributed by atoms with Gasteiger partial charge >= 0.3 is 0 Å². The first-order valence-electron chi connectivity index (χ1n) is 8.89. The van der Waals surface area contributed by atoms with Crippen LogP contribution in [0.25, 0.3) is 5.69 Å². The zero-order valence-corrected chi connectivity index (χ0v) is 15.6. The van der Waals surface area contributed by atoms with E-state index in [1.807, 2.05) is 30.3 Å². The van der Waals surface area contributed by atoms with Gasteiger partial charge in [-0.2, -0.15) is 10.4 Å². The number of aromatic nitrogens is 2. The van der Waals surface area contributed by atoms with Crippen LogP contribution < -0.4 is 15.8 Å². The number of hydrogen-bond donors (Lipinski definition) is 2. The summed E-state index contributed by atoms with van der Waals surface area (Å²) in [7, 11) is 1.56. The average molecular weight is 375 g/mol. The lowest BCUT2D eigenvalue weighted by molar-refractivity contribution is 0.0953. The molecule has 7 heteroatoms. The van der Waals surface area contributed by atoms with E-state index < -0.39 is 0 Å². The van der Waals surface area contributed by atoms with Crippen LogP contribution in [-0.4, -0.2) is 29.3 Å². The third-order valence-corrected chi connectivity index (χ3v) is 4.31. The number of benzene rings is 2. The van der Waals surface area contributed by atoms with E-state index in [4.69, 9.17) is 10.5 Å². The molecule has 0 atom stereocenters. The number of nitrogen functional groups attached to an aromatic ring is 1. The number of methoxy groups -OCH3 is 1. The summed E-state index contributed by atoms with van der Waals surface area (Å²) < 4.78 is 6.70. The highest BCUT2D eigenvalue weighted by atomic mass is 16.5. The second-order valence-corrected chi connectivity index (χ2v) is 6.16. The molecule has 0 fully saturated rings. The molecule has 3 rings (SSSR count). The highest BCUT2D eigenvalue weighted by Gasteiger charge is 2.16. The Morgan fingerprint density at radius 3 is 2.75 bits per heavy atom. The lowest BCUT2D eigenvalue weighted by atomic mass is 10.1. The molecule has 0 bridgehead atoms. The van der Waals surface area contributed by atoms with Crippen molar-refractivity contribution in [3.05, 3.63) is 71.4 Å². The van der Waals surface area contributed by atoms with E-state index in [9.17, 15) is 10.1 Å². The highest BCUT2D eigenvalue weighted by molar-refractivity contribution is 5.94. The van der Waals surface area contributed by atoms with Crippen LogP contribution in [0.3, 0.4) is 0 Å². The predicted octanol–water partition coefficient (Wildman–Crippen LogP) is 2.70. The van der Waals surface area contributed by atoms with Gasteiger partial charge in [-0.3, -0.25) is 4.79 Å². The number of anilines is 1. The summed E-state index contributed by atoms with van der Waals surface area (Å²) in [6, 6.07) is 18.5. The molecule has 7 nitrogen and oxygen atoms in total. The van der Waals surface area contributed by atoms with Crippen molar-refractivity contribution >= 4 is 11.7 Å². The molecule has 0 aliphatic heterocycles. The van der Waals surface area contributed by atoms with Crippen molar-refractivity contribution in [2.45, 2.75) is 12.8 Å². The largest absolute Gasteiger partial charge is 0.497 e. The Balaban J connectivity index is 1.62. The molecule has 28 heavy (non-hydrogen) atoms. The predicted molar refractivity (Wildman–Crippen MR) is 106 cm³/mol. The van der Waals surface area contributed by atoms with Gasteiger partial charge < -0.3 is 15.8 Å². The molecule has 0 saturated heterocycles. The second-order valence-electron chi connectivity index (χ2n) is 6.16. The summed E-state index contributed by atoms with van der Waals surface area (Å²) >= 11 is 0. The van der Waals surface area contributed by atoms with Crippen LogP contribution in [0.5, 0.6) is 5.75 Å². The highest BCUT2D eigenvalue weighted by Crippen LogP contribution is 2.21. The number of nitrogens with two attached hydrogens (primary N) is 1. The topological polar surface area (TPSA) is 106 Å². The first-order valence-corrected chi connectivity index (χ1v) is 8.89. The Bertz CT molecular complexity index is 1010. The molecule has 0 saturated carbocycles. The minimum absolute atomic E-state index is 0.172. The van der Waals surface area contributed by atoms with Gasteiger partial charge in [0, 0.05) is 12.1 Å². The zero-order valence-electron chi connectivity index (χ0n) is 15.6. The minimum atomic E-state index is -0.172. The van der Waals surface area contributed by atoms with E-state index in [2.05, 4.69) is 16.5 Å². The lowest BCUT2D eigenvalue weighted by Gasteiger charge is -2.06. The first-order chi connectivity index (χ1) is 13.6. The van der Waals surface area contributed by atoms with Crippen molar-refractivity contribution in [2.24, 2.45) is 0 Å². The van der Waals surface area contributed by atoms with Crippen LogP contribution in [0.15, 0.2) is 54.6 Å². The van der Waals surface area contributed by atoms with Crippen molar-refractivity contribution in [1.29, 1.82) is 5.26 Å². The Labute approximate surface area is 163 Å². The van der Waals surface area contributed by atoms with Crippen LogP contribution in [0.1, 0.15) is 28.0 Å². The average Bonchev–Trinajstić information content (AvgIpc) is 3.06. The maximum Gasteiger partial charge on any atom is 0.251 e. The Morgan fingerprint density at radius 2 is 2.04 bits per heavy atom. The molecular formula is C21H21N5O2. The summed E-state index contributed by atoms with van der Waals surface area (Å²) in [5, 5.41) is 16.8. The fourth-order valence-corrected chi connectivity index (χ4v) is 2.87. The maximum absolute atomic E-state index is 12.2. The number of amides is 1. The number of nitriles is 1. The van der Waals surface area contributed by atoms with Crippen LogP contribution in [0, 0.1) is 11.3 Å². The van der Waals surface area contributed by atoms with Crippen molar-refractivity contribution in [3.8, 4) is 17.5 Å². The number of carbonyl (C=O) groups excluding carboxylic acids is 1. The summed E-state index contributed by atoms with van der Waals surface area (Å²) in [5.41, 5.74) is 8.44. The van der Waals surface area contributed by atoms with E-state index in [-0.39, 0.29) is 5.91 Å². The van der Waals surface area contributed by atoms with Crippen LogP contribution in [-0.2, 0) is 6.42 Å². The fourth-order valence-electron chi connectivity index (χ4n) is 2.87. The number of hydrogen-bond acceptors (Lipinski definition) is 5. The van der Waals surface area contributed by atoms with Crippen molar-refractivity contribution in [3.63, 3.8) is 0 Å². The summed E-state index contributed by atoms with van der Waals surface area (Å²) in [6.07, 6.45) is 1.17. The molecule has 142 valence electrons. The molecule has 0 spiro atoms. The molecular weight excluding hydrogens is 354 g/mol. The third-order valence-electron chi connectivity index (χ3n) is 4.31. The first kappa shape index (κ1) is 19.0. The number of para-hydroxylation sites is 1. The van der Waals surface area contributed by atoms with Gasteiger partial charge in [-0.25, -0.2) is 4.68 Å². The number of nitrogens with zero attached hydrogens (tertiary/aromatic N) is 3. The Hall–Kier alpha value is -3.79. The molecule has 2 aromatic carbocycles. The van der Waals surface area contributed by atoms with E-state index in [0.717, 1.165) is 5.69 Å². The van der Waals surface area contributed by atoms with Crippen molar-refractivity contribution in [2.75, 3.05) is 19.4 Å². The monoisotopic (exact) mass is 375 g/mol. The molecule has 0 aliphatic rings. The van der Waals surface area contributed by atoms with Gasteiger partial charge in [0.2, 0.25) is 0 Å². The van der Waals surface area contributed by atoms with Crippen LogP contribution in [0.4, 0.5) is 5.82 Å². The van der Waals surface area contributed by atoms with Gasteiger partial charge in [0.05, 0.1) is 18.5 Å². The normalized spacial score (nSPS) is 10.3. The van der Waals surface area contributed by atoms with Crippen molar-refractivity contribution in [1.82, 2.24) is 15.1 Å². The van der Waals surface area contributed by atoms with Crippen molar-refractivity contribution < 1.29 is 9.53 Å². The Morgan fingerprint density at radius 1 is 1.25 bits per heavy atom. The lowest BCUT2D eigenvalue weighted by Crippen LogP contribution is -2.24. The van der Waals surface area contributed by atoms with E-state index in [1.165, 1.54) is 0 Å². The second kappa shape index (κ2) is 8.73. The molecule has 0 unspecified atom stereocenters. The molecule has 0 radical (unpaired) electrons. The maximum atomic E-state index is 12.2. The van der Waals surface area contributed by atoms with E-state index in [1.54, 1.807) is 36.1 Å². The molecule has 0 aliphatic carbocycles.